The number of allylic oxidation sites excluding steroid dienone is 4. The van der Waals surface area contributed by atoms with E-state index in [0.29, 0.717) is 24.7 Å². The fraction of sp³-hybridized carbons (Fsp3) is 0.690. The van der Waals surface area contributed by atoms with E-state index in [9.17, 15) is 25.2 Å². The van der Waals surface area contributed by atoms with E-state index in [1.54, 1.807) is 19.9 Å². The highest BCUT2D eigenvalue weighted by Crippen LogP contribution is 2.69. The molecule has 34 heavy (non-hydrogen) atoms. The van der Waals surface area contributed by atoms with Gasteiger partial charge >= 0.3 is 5.97 Å². The van der Waals surface area contributed by atoms with Crippen LogP contribution in [0.4, 0.5) is 0 Å². The van der Waals surface area contributed by atoms with Gasteiger partial charge in [-0.2, -0.15) is 0 Å². The summed E-state index contributed by atoms with van der Waals surface area (Å²) in [4.78, 5) is 11.5. The number of fused-ring (bicyclic) bond motifs is 1. The summed E-state index contributed by atoms with van der Waals surface area (Å²) < 4.78 is 0. The molecule has 0 spiro atoms. The van der Waals surface area contributed by atoms with Crippen LogP contribution in [0.25, 0.3) is 0 Å². The Balaban J connectivity index is 1.53. The average Bonchev–Trinajstić information content (AvgIpc) is 3.46. The minimum Gasteiger partial charge on any atom is -0.481 e. The van der Waals surface area contributed by atoms with Gasteiger partial charge in [0.05, 0.1) is 23.7 Å². The molecule has 0 aromatic carbocycles. The van der Waals surface area contributed by atoms with Crippen molar-refractivity contribution in [3.63, 3.8) is 0 Å². The lowest BCUT2D eigenvalue weighted by Gasteiger charge is -2.45. The third kappa shape index (κ3) is 4.47. The van der Waals surface area contributed by atoms with Crippen LogP contribution in [0, 0.1) is 28.1 Å². The number of rotatable bonds is 6. The second-order valence-electron chi connectivity index (χ2n) is 12.2. The van der Waals surface area contributed by atoms with Crippen LogP contribution in [-0.4, -0.2) is 44.7 Å². The Bertz CT molecular complexity index is 921. The van der Waals surface area contributed by atoms with Gasteiger partial charge in [-0.15, -0.1) is 0 Å². The first-order valence-electron chi connectivity index (χ1n) is 13.0. The summed E-state index contributed by atoms with van der Waals surface area (Å²) in [5.74, 6) is 0.0614. The van der Waals surface area contributed by atoms with Gasteiger partial charge in [0.15, 0.2) is 0 Å². The predicted octanol–water partition coefficient (Wildman–Crippen LogP) is 4.94. The lowest BCUT2D eigenvalue weighted by atomic mass is 9.60. The van der Waals surface area contributed by atoms with Gasteiger partial charge < -0.3 is 20.4 Å². The average molecular weight is 471 g/mol. The van der Waals surface area contributed by atoms with Crippen LogP contribution >= 0.6 is 0 Å². The number of carboxylic acids is 1. The lowest BCUT2D eigenvalue weighted by molar-refractivity contribution is -0.151. The fourth-order valence-corrected chi connectivity index (χ4v) is 7.07. The lowest BCUT2D eigenvalue weighted by Crippen LogP contribution is -2.38. The molecule has 0 aliphatic heterocycles. The van der Waals surface area contributed by atoms with Crippen molar-refractivity contribution >= 4 is 5.97 Å². The molecule has 0 radical (unpaired) electrons. The van der Waals surface area contributed by atoms with Gasteiger partial charge in [-0.3, -0.25) is 4.79 Å². The topological polar surface area (TPSA) is 98.0 Å². The van der Waals surface area contributed by atoms with Crippen LogP contribution in [0.2, 0.25) is 0 Å². The number of aliphatic hydroxyl groups excluding tert-OH is 3. The largest absolute Gasteiger partial charge is 0.481 e. The summed E-state index contributed by atoms with van der Waals surface area (Å²) >= 11 is 0. The minimum absolute atomic E-state index is 0.0753. The van der Waals surface area contributed by atoms with E-state index < -0.39 is 29.7 Å². The zero-order valence-corrected chi connectivity index (χ0v) is 21.0. The molecule has 4 aliphatic rings. The van der Waals surface area contributed by atoms with Gasteiger partial charge in [0, 0.05) is 6.42 Å². The Morgan fingerprint density at radius 3 is 2.53 bits per heavy atom. The summed E-state index contributed by atoms with van der Waals surface area (Å²) in [5.41, 5.74) is 2.23. The van der Waals surface area contributed by atoms with E-state index in [1.165, 1.54) is 12.0 Å². The fourth-order valence-electron chi connectivity index (χ4n) is 7.07. The van der Waals surface area contributed by atoms with Crippen molar-refractivity contribution in [1.29, 1.82) is 0 Å². The Morgan fingerprint density at radius 2 is 1.88 bits per heavy atom. The molecular weight excluding hydrogens is 428 g/mol. The highest BCUT2D eigenvalue weighted by Gasteiger charge is 2.60. The van der Waals surface area contributed by atoms with E-state index in [0.717, 1.165) is 49.7 Å². The summed E-state index contributed by atoms with van der Waals surface area (Å²) in [5, 5.41) is 40.2. The molecule has 0 amide bonds. The highest BCUT2D eigenvalue weighted by atomic mass is 16.4. The van der Waals surface area contributed by atoms with Crippen molar-refractivity contribution in [2.45, 2.75) is 96.9 Å². The maximum Gasteiger partial charge on any atom is 0.312 e. The molecule has 0 heterocycles. The van der Waals surface area contributed by atoms with Crippen LogP contribution in [0.3, 0.4) is 0 Å². The summed E-state index contributed by atoms with van der Waals surface area (Å²) in [6, 6.07) is 0. The van der Waals surface area contributed by atoms with Crippen LogP contribution in [-0.2, 0) is 4.79 Å². The van der Waals surface area contributed by atoms with Gasteiger partial charge in [-0.05, 0) is 99.0 Å². The molecular formula is C29H42O5. The molecule has 4 N–H and O–H groups in total. The number of hydrogen-bond acceptors (Lipinski definition) is 4. The molecule has 5 nitrogen and oxygen atoms in total. The molecule has 4 fully saturated rings. The van der Waals surface area contributed by atoms with Crippen LogP contribution in [0.1, 0.15) is 78.6 Å². The minimum atomic E-state index is -1.20. The monoisotopic (exact) mass is 470 g/mol. The normalized spacial score (nSPS) is 38.9. The van der Waals surface area contributed by atoms with E-state index in [2.05, 4.69) is 31.7 Å². The molecule has 0 unspecified atom stereocenters. The van der Waals surface area contributed by atoms with Gasteiger partial charge in [-0.25, -0.2) is 0 Å². The maximum atomic E-state index is 11.5. The van der Waals surface area contributed by atoms with Gasteiger partial charge in [-0.1, -0.05) is 43.4 Å². The van der Waals surface area contributed by atoms with Crippen molar-refractivity contribution < 1.29 is 25.2 Å². The summed E-state index contributed by atoms with van der Waals surface area (Å²) in [6.45, 7) is 9.63. The molecule has 5 heteroatoms. The summed E-state index contributed by atoms with van der Waals surface area (Å²) in [7, 11) is 0. The van der Waals surface area contributed by atoms with Crippen molar-refractivity contribution in [2.75, 3.05) is 0 Å². The highest BCUT2D eigenvalue weighted by molar-refractivity contribution is 5.74. The molecule has 4 saturated carbocycles. The van der Waals surface area contributed by atoms with E-state index in [1.807, 2.05) is 0 Å². The van der Waals surface area contributed by atoms with Crippen molar-refractivity contribution in [2.24, 2.45) is 28.1 Å². The molecule has 4 rings (SSSR count). The van der Waals surface area contributed by atoms with E-state index in [4.69, 9.17) is 0 Å². The molecule has 0 bridgehead atoms. The first-order valence-corrected chi connectivity index (χ1v) is 13.0. The number of hydrogen-bond donors (Lipinski definition) is 4. The van der Waals surface area contributed by atoms with Gasteiger partial charge in [0.1, 0.15) is 0 Å². The Kier molecular flexibility index (Phi) is 6.78. The smallest absolute Gasteiger partial charge is 0.312 e. The van der Waals surface area contributed by atoms with E-state index in [-0.39, 0.29) is 10.8 Å². The number of aliphatic hydroxyl groups is 3. The molecule has 0 aromatic rings. The number of aliphatic carboxylic acids is 1. The Morgan fingerprint density at radius 1 is 1.18 bits per heavy atom. The van der Waals surface area contributed by atoms with Crippen molar-refractivity contribution in [1.82, 2.24) is 0 Å². The molecule has 6 atom stereocenters. The molecule has 0 saturated heterocycles. The van der Waals surface area contributed by atoms with Crippen LogP contribution in [0.5, 0.6) is 0 Å². The third-order valence-corrected chi connectivity index (χ3v) is 9.65. The maximum absolute atomic E-state index is 11.5. The summed E-state index contributed by atoms with van der Waals surface area (Å²) in [6.07, 6.45) is 14.9. The molecule has 188 valence electrons. The third-order valence-electron chi connectivity index (χ3n) is 9.65. The molecule has 4 aliphatic carbocycles. The second kappa shape index (κ2) is 9.07. The van der Waals surface area contributed by atoms with Crippen molar-refractivity contribution in [3.8, 4) is 0 Å². The predicted molar refractivity (Wildman–Crippen MR) is 133 cm³/mol. The second-order valence-corrected chi connectivity index (χ2v) is 12.2. The Hall–Kier alpha value is -1.69. The first kappa shape index (κ1) is 25.4. The van der Waals surface area contributed by atoms with Crippen LogP contribution in [0.15, 0.2) is 47.6 Å². The molecule has 0 aromatic heterocycles. The standard InChI is InChI=1S/C29H42O5/c1-18-20(16-21(30)17-23(18)31)8-7-19-6-5-12-28(4)22(19)9-10-24(28)29(14-15-29)13-11-25(32)27(2,3)26(33)34/h7-8,11,13,21-25,30-32H,1,5-6,9-10,12,14-17H2,2-4H3,(H,33,34)/b13-11+,19-7+,20-8-/t21-,22+,23+,24+,25+,28+/m1/s1. The zero-order chi connectivity index (χ0) is 24.9. The SMILES string of the molecule is C=C1/C(=C\C=C2/CCC[C@]3(C)[C@@H](C4(/C=C/[C@H](O)C(C)(C)C(=O)O)CC4)CC[C@@H]23)C[C@@H](O)C[C@@H]1O. The zero-order valence-electron chi connectivity index (χ0n) is 21.0. The van der Waals surface area contributed by atoms with Crippen molar-refractivity contribution in [3.05, 3.63) is 47.6 Å². The first-order chi connectivity index (χ1) is 15.9. The number of carbonyl (C=O) groups is 1. The Labute approximate surface area is 204 Å². The van der Waals surface area contributed by atoms with E-state index >= 15 is 0 Å². The number of carboxylic acid groups (broad SMARTS) is 1. The quantitative estimate of drug-likeness (QED) is 0.413. The van der Waals surface area contributed by atoms with Crippen LogP contribution < -0.4 is 0 Å². The van der Waals surface area contributed by atoms with Gasteiger partial charge in [0.25, 0.3) is 0 Å². The van der Waals surface area contributed by atoms with Gasteiger partial charge in [0.2, 0.25) is 0 Å².